The van der Waals surface area contributed by atoms with E-state index in [1.165, 1.54) is 29.1 Å². The van der Waals surface area contributed by atoms with Gasteiger partial charge in [0.15, 0.2) is 12.4 Å². The van der Waals surface area contributed by atoms with Crippen LogP contribution in [0.3, 0.4) is 0 Å². The maximum Gasteiger partial charge on any atom is 0.291 e. The second-order valence-corrected chi connectivity index (χ2v) is 10.9. The summed E-state index contributed by atoms with van der Waals surface area (Å²) >= 11 is 6.04. The number of aromatic nitrogens is 4. The minimum atomic E-state index is -3.79. The van der Waals surface area contributed by atoms with Gasteiger partial charge in [0.2, 0.25) is 5.82 Å². The quantitative estimate of drug-likeness (QED) is 0.315. The van der Waals surface area contributed by atoms with Gasteiger partial charge in [0.1, 0.15) is 5.03 Å². The molecule has 4 heterocycles. The van der Waals surface area contributed by atoms with Crippen LogP contribution < -0.4 is 4.73 Å². The van der Waals surface area contributed by atoms with Crippen LogP contribution in [0.25, 0.3) is 22.0 Å². The number of fused-ring (bicyclic) bond motifs is 1. The van der Waals surface area contributed by atoms with Crippen molar-refractivity contribution >= 4 is 38.4 Å². The molecule has 1 atom stereocenters. The first-order valence-corrected chi connectivity index (χ1v) is 13.2. The number of hydrogen-bond acceptors (Lipinski definition) is 6. The largest absolute Gasteiger partial charge is 0.619 e. The molecule has 1 amide bonds. The lowest BCUT2D eigenvalue weighted by Gasteiger charge is -2.39. The van der Waals surface area contributed by atoms with Gasteiger partial charge in [-0.25, -0.2) is 18.4 Å². The van der Waals surface area contributed by atoms with Gasteiger partial charge in [-0.05, 0) is 36.2 Å². The van der Waals surface area contributed by atoms with Crippen molar-refractivity contribution in [2.75, 3.05) is 19.6 Å². The molecule has 10 nitrogen and oxygen atoms in total. The van der Waals surface area contributed by atoms with E-state index in [9.17, 15) is 18.4 Å². The number of carbonyl (C=O) groups excluding carboxylic acids is 1. The first-order valence-electron chi connectivity index (χ1n) is 11.4. The zero-order valence-electron chi connectivity index (χ0n) is 19.3. The smallest absolute Gasteiger partial charge is 0.291 e. The Morgan fingerprint density at radius 3 is 2.56 bits per heavy atom. The number of hydrogen-bond donors (Lipinski definition) is 1. The molecular weight excluding hydrogens is 504 g/mol. The Bertz CT molecular complexity index is 1520. The maximum absolute atomic E-state index is 13.4. The van der Waals surface area contributed by atoms with Crippen molar-refractivity contribution in [3.05, 3.63) is 77.2 Å². The van der Waals surface area contributed by atoms with Crippen molar-refractivity contribution in [2.24, 2.45) is 0 Å². The van der Waals surface area contributed by atoms with Crippen LogP contribution in [0.5, 0.6) is 0 Å². The number of rotatable bonds is 5. The Kier molecular flexibility index (Phi) is 6.37. The highest BCUT2D eigenvalue weighted by Crippen LogP contribution is 2.27. The van der Waals surface area contributed by atoms with Crippen LogP contribution in [0.1, 0.15) is 24.0 Å². The minimum Gasteiger partial charge on any atom is -0.619 e. The van der Waals surface area contributed by atoms with Gasteiger partial charge >= 0.3 is 0 Å². The fourth-order valence-corrected chi connectivity index (χ4v) is 6.00. The van der Waals surface area contributed by atoms with Crippen LogP contribution in [-0.4, -0.2) is 64.2 Å². The molecule has 1 unspecified atom stereocenters. The number of sulfonamides is 1. The molecule has 0 saturated carbocycles. The fourth-order valence-electron chi connectivity index (χ4n) is 4.34. The van der Waals surface area contributed by atoms with Gasteiger partial charge in [-0.15, -0.1) is 0 Å². The summed E-state index contributed by atoms with van der Waals surface area (Å²) in [5.74, 6) is -0.313. The maximum atomic E-state index is 13.4. The standard InChI is InChI=1S/C24H23ClN6O4S/c1-2-20-15-30(36(34,35)22-12-17-11-19(25)3-4-21(17)28-22)9-10-31(20)24(32)23-26-13-18(14-27-23)16-5-7-29(33)8-6-16/h3-8,11-14,20,28H,2,9-10,15H2,1H3. The van der Waals surface area contributed by atoms with E-state index in [1.54, 1.807) is 41.3 Å². The normalized spacial score (nSPS) is 16.9. The van der Waals surface area contributed by atoms with E-state index in [-0.39, 0.29) is 42.4 Å². The number of aromatic amines is 1. The number of halogens is 1. The Hall–Kier alpha value is -3.54. The number of H-pyrrole nitrogens is 1. The number of benzene rings is 1. The van der Waals surface area contributed by atoms with Gasteiger partial charge < -0.3 is 15.1 Å². The molecule has 1 fully saturated rings. The molecule has 3 aromatic heterocycles. The first-order chi connectivity index (χ1) is 17.3. The van der Waals surface area contributed by atoms with E-state index in [4.69, 9.17) is 11.6 Å². The highest BCUT2D eigenvalue weighted by atomic mass is 35.5. The van der Waals surface area contributed by atoms with Gasteiger partial charge in [-0.1, -0.05) is 18.5 Å². The number of carbonyl (C=O) groups is 1. The second-order valence-electron chi connectivity index (χ2n) is 8.53. The van der Waals surface area contributed by atoms with E-state index in [0.29, 0.717) is 32.6 Å². The molecular formula is C24H23ClN6O4S. The Morgan fingerprint density at radius 1 is 1.14 bits per heavy atom. The number of piperazine rings is 1. The minimum absolute atomic E-state index is 0.0378. The van der Waals surface area contributed by atoms with E-state index >= 15 is 0 Å². The molecule has 1 saturated heterocycles. The molecule has 0 radical (unpaired) electrons. The number of amides is 1. The predicted molar refractivity (Wildman–Crippen MR) is 134 cm³/mol. The van der Waals surface area contributed by atoms with Crippen molar-refractivity contribution in [1.82, 2.24) is 24.2 Å². The lowest BCUT2D eigenvalue weighted by molar-refractivity contribution is -0.605. The SMILES string of the molecule is CCC1CN(S(=O)(=O)c2cc3cc(Cl)ccc3[nH]2)CCN1C(=O)c1ncc(-c2cc[n+]([O-])cc2)cn1. The molecule has 0 spiro atoms. The van der Waals surface area contributed by atoms with Crippen LogP contribution in [-0.2, 0) is 10.0 Å². The monoisotopic (exact) mass is 526 g/mol. The highest BCUT2D eigenvalue weighted by molar-refractivity contribution is 7.89. The molecule has 4 aromatic rings. The summed E-state index contributed by atoms with van der Waals surface area (Å²) < 4.78 is 28.8. The summed E-state index contributed by atoms with van der Waals surface area (Å²) in [6, 6.07) is 9.68. The van der Waals surface area contributed by atoms with E-state index in [1.807, 2.05) is 6.92 Å². The van der Waals surface area contributed by atoms with Gasteiger partial charge in [-0.2, -0.15) is 9.04 Å². The predicted octanol–water partition coefficient (Wildman–Crippen LogP) is 2.84. The highest BCUT2D eigenvalue weighted by Gasteiger charge is 2.37. The summed E-state index contributed by atoms with van der Waals surface area (Å²) in [5.41, 5.74) is 2.11. The summed E-state index contributed by atoms with van der Waals surface area (Å²) in [6.07, 6.45) is 6.39. The van der Waals surface area contributed by atoms with E-state index in [0.717, 1.165) is 5.56 Å². The molecule has 5 rings (SSSR count). The molecule has 1 aliphatic heterocycles. The summed E-state index contributed by atoms with van der Waals surface area (Å²) in [4.78, 5) is 26.3. The zero-order valence-corrected chi connectivity index (χ0v) is 20.9. The molecule has 0 aliphatic carbocycles. The van der Waals surface area contributed by atoms with Crippen molar-refractivity contribution in [2.45, 2.75) is 24.4 Å². The fraction of sp³-hybridized carbons (Fsp3) is 0.250. The van der Waals surface area contributed by atoms with Crippen molar-refractivity contribution in [1.29, 1.82) is 0 Å². The average Bonchev–Trinajstić information content (AvgIpc) is 3.32. The molecule has 1 N–H and O–H groups in total. The zero-order chi connectivity index (χ0) is 25.4. The van der Waals surface area contributed by atoms with Crippen molar-refractivity contribution in [3.63, 3.8) is 0 Å². The van der Waals surface area contributed by atoms with Crippen LogP contribution in [0.15, 0.2) is 66.2 Å². The molecule has 186 valence electrons. The molecule has 0 bridgehead atoms. The van der Waals surface area contributed by atoms with Gasteiger partial charge in [0.25, 0.3) is 15.9 Å². The van der Waals surface area contributed by atoms with Gasteiger partial charge in [0, 0.05) is 71.7 Å². The van der Waals surface area contributed by atoms with Crippen LogP contribution >= 0.6 is 11.6 Å². The third kappa shape index (κ3) is 4.52. The number of nitrogens with zero attached hydrogens (tertiary/aromatic N) is 5. The first kappa shape index (κ1) is 24.2. The summed E-state index contributed by atoms with van der Waals surface area (Å²) in [7, 11) is -3.79. The van der Waals surface area contributed by atoms with Gasteiger partial charge in [0.05, 0.1) is 0 Å². The Morgan fingerprint density at radius 2 is 1.86 bits per heavy atom. The second kappa shape index (κ2) is 9.49. The van der Waals surface area contributed by atoms with Crippen LogP contribution in [0, 0.1) is 5.21 Å². The van der Waals surface area contributed by atoms with Crippen molar-refractivity contribution < 1.29 is 17.9 Å². The summed E-state index contributed by atoms with van der Waals surface area (Å²) in [5, 5.41) is 12.6. The van der Waals surface area contributed by atoms with E-state index < -0.39 is 10.0 Å². The number of nitrogens with one attached hydrogen (secondary N) is 1. The molecule has 12 heteroatoms. The molecule has 1 aliphatic rings. The molecule has 36 heavy (non-hydrogen) atoms. The van der Waals surface area contributed by atoms with Gasteiger partial charge in [-0.3, -0.25) is 4.79 Å². The average molecular weight is 527 g/mol. The Balaban J connectivity index is 1.32. The third-order valence-corrected chi connectivity index (χ3v) is 8.35. The van der Waals surface area contributed by atoms with Crippen LogP contribution in [0.4, 0.5) is 0 Å². The van der Waals surface area contributed by atoms with Crippen molar-refractivity contribution in [3.8, 4) is 11.1 Å². The third-order valence-electron chi connectivity index (χ3n) is 6.33. The lowest BCUT2D eigenvalue weighted by Crippen LogP contribution is -2.56. The lowest BCUT2D eigenvalue weighted by atomic mass is 10.1. The van der Waals surface area contributed by atoms with E-state index in [2.05, 4.69) is 15.0 Å². The summed E-state index contributed by atoms with van der Waals surface area (Å²) in [6.45, 7) is 2.44. The number of pyridine rings is 1. The van der Waals surface area contributed by atoms with Crippen LogP contribution in [0.2, 0.25) is 5.02 Å². The topological polar surface area (TPSA) is 126 Å². The molecule has 1 aromatic carbocycles. The Labute approximate surface area is 212 Å².